The van der Waals surface area contributed by atoms with Crippen LogP contribution in [0.25, 0.3) is 0 Å². The minimum atomic E-state index is -4.04. The van der Waals surface area contributed by atoms with Crippen molar-refractivity contribution in [1.82, 2.24) is 4.31 Å². The Morgan fingerprint density at radius 1 is 1.00 bits per heavy atom. The molecule has 1 unspecified atom stereocenters. The summed E-state index contributed by atoms with van der Waals surface area (Å²) in [5.74, 6) is -0.717. The van der Waals surface area contributed by atoms with Crippen LogP contribution in [-0.2, 0) is 27.8 Å². The smallest absolute Gasteiger partial charge is 0.244 e. The average Bonchev–Trinajstić information content (AvgIpc) is 2.79. The lowest BCUT2D eigenvalue weighted by Crippen LogP contribution is -2.50. The van der Waals surface area contributed by atoms with Crippen LogP contribution in [0.2, 0.25) is 0 Å². The molecule has 0 fully saturated rings. The lowest BCUT2D eigenvalue weighted by molar-refractivity contribution is -0.120. The number of sulfonamides is 1. The second-order valence-corrected chi connectivity index (χ2v) is 10.6. The van der Waals surface area contributed by atoms with Crippen molar-refractivity contribution in [2.45, 2.75) is 50.6 Å². The number of fused-ring (bicyclic) bond motifs is 1. The second-order valence-electron chi connectivity index (χ2n) is 8.68. The summed E-state index contributed by atoms with van der Waals surface area (Å²) >= 11 is 0. The number of benzene rings is 3. The van der Waals surface area contributed by atoms with Crippen molar-refractivity contribution in [3.05, 3.63) is 94.8 Å². The van der Waals surface area contributed by atoms with Gasteiger partial charge in [-0.05, 0) is 65.8 Å². The normalized spacial score (nSPS) is 16.5. The van der Waals surface area contributed by atoms with Gasteiger partial charge < -0.3 is 5.32 Å². The monoisotopic (exact) mass is 466 g/mol. The number of nitrogens with one attached hydrogen (secondary N) is 1. The quantitative estimate of drug-likeness (QED) is 0.575. The Labute approximate surface area is 194 Å². The van der Waals surface area contributed by atoms with Crippen LogP contribution in [0.5, 0.6) is 0 Å². The molecule has 1 N–H and O–H groups in total. The van der Waals surface area contributed by atoms with E-state index in [0.717, 1.165) is 40.1 Å². The molecule has 1 amide bonds. The van der Waals surface area contributed by atoms with E-state index in [-0.39, 0.29) is 29.7 Å². The molecule has 1 heterocycles. The standard InChI is InChI=1S/C26H27FN2O3S/c1-17(2)23-10-6-7-18(3)25(23)28-26(30)24-15-19-8-4-5-9-20(19)16-29(24)33(31,32)22-13-11-21(27)12-14-22/h4-14,17,24H,15-16H2,1-3H3,(H,28,30). The molecular formula is C26H27FN2O3S. The van der Waals surface area contributed by atoms with Crippen molar-refractivity contribution in [3.63, 3.8) is 0 Å². The van der Waals surface area contributed by atoms with Gasteiger partial charge in [-0.25, -0.2) is 12.8 Å². The number of hydrogen-bond acceptors (Lipinski definition) is 3. The number of nitrogens with zero attached hydrogens (tertiary/aromatic N) is 1. The number of carbonyl (C=O) groups excluding carboxylic acids is 1. The van der Waals surface area contributed by atoms with Crippen molar-refractivity contribution in [2.24, 2.45) is 0 Å². The number of halogens is 1. The molecule has 3 aromatic carbocycles. The third-order valence-corrected chi connectivity index (χ3v) is 7.97. The van der Waals surface area contributed by atoms with E-state index < -0.39 is 21.9 Å². The molecule has 0 radical (unpaired) electrons. The Morgan fingerprint density at radius 3 is 2.33 bits per heavy atom. The van der Waals surface area contributed by atoms with Crippen LogP contribution >= 0.6 is 0 Å². The van der Waals surface area contributed by atoms with Crippen LogP contribution in [-0.4, -0.2) is 24.7 Å². The highest BCUT2D eigenvalue weighted by atomic mass is 32.2. The van der Waals surface area contributed by atoms with Crippen molar-refractivity contribution in [3.8, 4) is 0 Å². The third-order valence-electron chi connectivity index (χ3n) is 6.10. The Balaban J connectivity index is 1.74. The fraction of sp³-hybridized carbons (Fsp3) is 0.269. The number of anilines is 1. The minimum Gasteiger partial charge on any atom is -0.324 e. The summed E-state index contributed by atoms with van der Waals surface area (Å²) in [6.07, 6.45) is 0.255. The highest BCUT2D eigenvalue weighted by Crippen LogP contribution is 2.32. The minimum absolute atomic E-state index is 0.0418. The van der Waals surface area contributed by atoms with Gasteiger partial charge in [0.25, 0.3) is 0 Å². The number of para-hydroxylation sites is 1. The van der Waals surface area contributed by atoms with Gasteiger partial charge in [-0.15, -0.1) is 0 Å². The number of amides is 1. The zero-order valence-corrected chi connectivity index (χ0v) is 19.7. The maximum absolute atomic E-state index is 13.6. The van der Waals surface area contributed by atoms with Crippen molar-refractivity contribution < 1.29 is 17.6 Å². The topological polar surface area (TPSA) is 66.5 Å². The lowest BCUT2D eigenvalue weighted by atomic mass is 9.94. The van der Waals surface area contributed by atoms with E-state index in [0.29, 0.717) is 0 Å². The fourth-order valence-corrected chi connectivity index (χ4v) is 5.83. The molecular weight excluding hydrogens is 439 g/mol. The number of hydrogen-bond donors (Lipinski definition) is 1. The zero-order chi connectivity index (χ0) is 23.8. The molecule has 7 heteroatoms. The van der Waals surface area contributed by atoms with Crippen molar-refractivity contribution in [1.29, 1.82) is 0 Å². The third kappa shape index (κ3) is 4.56. The average molecular weight is 467 g/mol. The molecule has 0 spiro atoms. The molecule has 33 heavy (non-hydrogen) atoms. The van der Waals surface area contributed by atoms with Crippen molar-refractivity contribution >= 4 is 21.6 Å². The molecule has 3 aromatic rings. The number of rotatable bonds is 5. The molecule has 0 bridgehead atoms. The van der Waals surface area contributed by atoms with Crippen molar-refractivity contribution in [2.75, 3.05) is 5.32 Å². The number of aryl methyl sites for hydroxylation is 1. The van der Waals surface area contributed by atoms with E-state index in [4.69, 9.17) is 0 Å². The van der Waals surface area contributed by atoms with Crippen LogP contribution in [0, 0.1) is 12.7 Å². The molecule has 172 valence electrons. The van der Waals surface area contributed by atoms with E-state index in [1.165, 1.54) is 16.4 Å². The summed E-state index contributed by atoms with van der Waals surface area (Å²) in [5, 5.41) is 3.02. The molecule has 1 aliphatic rings. The predicted molar refractivity (Wildman–Crippen MR) is 127 cm³/mol. The Kier molecular flexibility index (Phi) is 6.36. The predicted octanol–water partition coefficient (Wildman–Crippen LogP) is 5.01. The molecule has 0 aliphatic carbocycles. The van der Waals surface area contributed by atoms with E-state index in [2.05, 4.69) is 5.32 Å². The fourth-order valence-electron chi connectivity index (χ4n) is 4.27. The zero-order valence-electron chi connectivity index (χ0n) is 18.9. The highest BCUT2D eigenvalue weighted by Gasteiger charge is 2.40. The van der Waals surface area contributed by atoms with Gasteiger partial charge in [-0.3, -0.25) is 4.79 Å². The Morgan fingerprint density at radius 2 is 1.67 bits per heavy atom. The molecule has 5 nitrogen and oxygen atoms in total. The van der Waals surface area contributed by atoms with Gasteiger partial charge in [-0.2, -0.15) is 4.31 Å². The summed E-state index contributed by atoms with van der Waals surface area (Å²) < 4.78 is 41.7. The van der Waals surface area contributed by atoms with Gasteiger partial charge in [0.2, 0.25) is 15.9 Å². The van der Waals surface area contributed by atoms with Crippen LogP contribution in [0.4, 0.5) is 10.1 Å². The van der Waals surface area contributed by atoms with Gasteiger partial charge in [0.05, 0.1) is 4.90 Å². The Hall–Kier alpha value is -3.03. The molecule has 1 atom stereocenters. The van der Waals surface area contributed by atoms with Crippen LogP contribution in [0.3, 0.4) is 0 Å². The molecule has 1 aliphatic heterocycles. The second kappa shape index (κ2) is 9.08. The van der Waals surface area contributed by atoms with Crippen LogP contribution in [0.1, 0.15) is 42.0 Å². The first-order valence-electron chi connectivity index (χ1n) is 10.9. The van der Waals surface area contributed by atoms with Gasteiger partial charge in [-0.1, -0.05) is 56.3 Å². The van der Waals surface area contributed by atoms with Gasteiger partial charge in [0.1, 0.15) is 11.9 Å². The van der Waals surface area contributed by atoms with Gasteiger partial charge in [0, 0.05) is 12.2 Å². The number of carbonyl (C=O) groups is 1. The van der Waals surface area contributed by atoms with E-state index in [1.54, 1.807) is 0 Å². The Bertz CT molecular complexity index is 1290. The summed E-state index contributed by atoms with van der Waals surface area (Å²) in [4.78, 5) is 13.5. The van der Waals surface area contributed by atoms with Crippen LogP contribution in [0.15, 0.2) is 71.6 Å². The van der Waals surface area contributed by atoms with E-state index in [9.17, 15) is 17.6 Å². The maximum Gasteiger partial charge on any atom is 0.244 e. The summed E-state index contributed by atoms with van der Waals surface area (Å²) in [6.45, 7) is 6.09. The van der Waals surface area contributed by atoms with Crippen LogP contribution < -0.4 is 5.32 Å². The van der Waals surface area contributed by atoms with E-state index in [1.807, 2.05) is 63.2 Å². The SMILES string of the molecule is Cc1cccc(C(C)C)c1NC(=O)C1Cc2ccccc2CN1S(=O)(=O)c1ccc(F)cc1. The molecule has 0 saturated heterocycles. The van der Waals surface area contributed by atoms with Gasteiger partial charge >= 0.3 is 0 Å². The first-order valence-corrected chi connectivity index (χ1v) is 12.4. The molecule has 0 aromatic heterocycles. The largest absolute Gasteiger partial charge is 0.324 e. The van der Waals surface area contributed by atoms with Gasteiger partial charge in [0.15, 0.2) is 0 Å². The highest BCUT2D eigenvalue weighted by molar-refractivity contribution is 7.89. The van der Waals surface area contributed by atoms with E-state index >= 15 is 0 Å². The summed E-state index contributed by atoms with van der Waals surface area (Å²) in [6, 6.07) is 17.1. The first-order chi connectivity index (χ1) is 15.7. The summed E-state index contributed by atoms with van der Waals surface area (Å²) in [7, 11) is -4.04. The lowest BCUT2D eigenvalue weighted by Gasteiger charge is -2.35. The molecule has 0 saturated carbocycles. The molecule has 4 rings (SSSR count). The first kappa shape index (κ1) is 23.1. The maximum atomic E-state index is 13.6. The summed E-state index contributed by atoms with van der Waals surface area (Å²) in [5.41, 5.74) is 4.42.